The van der Waals surface area contributed by atoms with E-state index < -0.39 is 5.97 Å². The summed E-state index contributed by atoms with van der Waals surface area (Å²) in [4.78, 5) is 25.4. The summed E-state index contributed by atoms with van der Waals surface area (Å²) >= 11 is 0. The third-order valence-electron chi connectivity index (χ3n) is 4.36. The second-order valence-corrected chi connectivity index (χ2v) is 6.23. The lowest BCUT2D eigenvalue weighted by atomic mass is 9.93. The van der Waals surface area contributed by atoms with E-state index in [1.54, 1.807) is 11.9 Å². The number of aromatic nitrogens is 2. The van der Waals surface area contributed by atoms with Crippen molar-refractivity contribution in [3.63, 3.8) is 0 Å². The van der Waals surface area contributed by atoms with Gasteiger partial charge in [-0.05, 0) is 18.4 Å². The van der Waals surface area contributed by atoms with Crippen molar-refractivity contribution >= 4 is 12.1 Å². The van der Waals surface area contributed by atoms with Gasteiger partial charge >= 0.3 is 12.1 Å². The van der Waals surface area contributed by atoms with E-state index >= 15 is 0 Å². The number of benzene rings is 1. The summed E-state index contributed by atoms with van der Waals surface area (Å²) in [6.07, 6.45) is 2.73. The summed E-state index contributed by atoms with van der Waals surface area (Å²) < 4.78 is 6.89. The van der Waals surface area contributed by atoms with Crippen molar-refractivity contribution in [1.82, 2.24) is 14.7 Å². The van der Waals surface area contributed by atoms with Crippen molar-refractivity contribution in [3.8, 4) is 0 Å². The van der Waals surface area contributed by atoms with E-state index in [-0.39, 0.29) is 24.2 Å². The number of amides is 1. The normalized spacial score (nSPS) is 17.3. The number of likely N-dealkylation sites (tertiary alicyclic amines) is 1. The molecule has 0 aliphatic carbocycles. The molecule has 0 bridgehead atoms. The smallest absolute Gasteiger partial charge is 0.410 e. The van der Waals surface area contributed by atoms with E-state index in [0.717, 1.165) is 18.4 Å². The minimum absolute atomic E-state index is 0.0923. The molecule has 1 amide bonds. The number of aryl methyl sites for hydroxylation is 1. The van der Waals surface area contributed by atoms with Gasteiger partial charge in [0.2, 0.25) is 0 Å². The van der Waals surface area contributed by atoms with Crippen LogP contribution in [0.5, 0.6) is 0 Å². The number of aromatic carboxylic acids is 1. The molecule has 1 saturated heterocycles. The molecule has 1 aromatic carbocycles. The summed E-state index contributed by atoms with van der Waals surface area (Å²) in [5, 5.41) is 13.6. The quantitative estimate of drug-likeness (QED) is 0.922. The zero-order chi connectivity index (χ0) is 17.8. The monoisotopic (exact) mass is 343 g/mol. The molecule has 25 heavy (non-hydrogen) atoms. The Morgan fingerprint density at radius 2 is 2.08 bits per heavy atom. The number of carboxylic acids is 1. The van der Waals surface area contributed by atoms with Crippen LogP contribution in [0.4, 0.5) is 4.79 Å². The maximum absolute atomic E-state index is 12.3. The van der Waals surface area contributed by atoms with E-state index in [2.05, 4.69) is 5.10 Å². The minimum atomic E-state index is -0.994. The average Bonchev–Trinajstić information content (AvgIpc) is 3.03. The fourth-order valence-corrected chi connectivity index (χ4v) is 3.15. The van der Waals surface area contributed by atoms with Crippen LogP contribution in [0.15, 0.2) is 36.5 Å². The number of hydrogen-bond acceptors (Lipinski definition) is 4. The molecule has 132 valence electrons. The highest BCUT2D eigenvalue weighted by Gasteiger charge is 2.30. The first-order chi connectivity index (χ1) is 12.0. The highest BCUT2D eigenvalue weighted by atomic mass is 16.6. The standard InChI is InChI=1S/C18H21N3O4/c1-20-11-15(17(22)23)16(19-20)14-8-5-9-21(10-14)18(24)25-12-13-6-3-2-4-7-13/h2-4,6-7,11,14H,5,8-10,12H2,1H3,(H,22,23)/t14-/m0/s1. The molecule has 0 saturated carbocycles. The van der Waals surface area contributed by atoms with Gasteiger partial charge in [0.25, 0.3) is 0 Å². The van der Waals surface area contributed by atoms with Crippen molar-refractivity contribution in [2.75, 3.05) is 13.1 Å². The average molecular weight is 343 g/mol. The molecule has 2 heterocycles. The Kier molecular flexibility index (Phi) is 5.02. The molecule has 0 radical (unpaired) electrons. The van der Waals surface area contributed by atoms with Gasteiger partial charge < -0.3 is 14.7 Å². The molecule has 7 heteroatoms. The lowest BCUT2D eigenvalue weighted by molar-refractivity contribution is 0.0693. The van der Waals surface area contributed by atoms with Crippen LogP contribution >= 0.6 is 0 Å². The van der Waals surface area contributed by atoms with Gasteiger partial charge in [-0.1, -0.05) is 30.3 Å². The first kappa shape index (κ1) is 17.0. The Balaban J connectivity index is 1.65. The molecule has 0 spiro atoms. The largest absolute Gasteiger partial charge is 0.478 e. The predicted octanol–water partition coefficient (Wildman–Crippen LogP) is 2.63. The molecular formula is C18H21N3O4. The van der Waals surface area contributed by atoms with Gasteiger partial charge in [0.15, 0.2) is 0 Å². The second-order valence-electron chi connectivity index (χ2n) is 6.23. The molecule has 7 nitrogen and oxygen atoms in total. The van der Waals surface area contributed by atoms with Gasteiger partial charge in [-0.15, -0.1) is 0 Å². The number of nitrogens with zero attached hydrogens (tertiary/aromatic N) is 3. The van der Waals surface area contributed by atoms with Gasteiger partial charge in [-0.25, -0.2) is 9.59 Å². The first-order valence-corrected chi connectivity index (χ1v) is 8.27. The number of piperidine rings is 1. The van der Waals surface area contributed by atoms with Crippen molar-refractivity contribution in [1.29, 1.82) is 0 Å². The third-order valence-corrected chi connectivity index (χ3v) is 4.36. The Labute approximate surface area is 145 Å². The maximum atomic E-state index is 12.3. The zero-order valence-corrected chi connectivity index (χ0v) is 14.1. The maximum Gasteiger partial charge on any atom is 0.410 e. The number of carbonyl (C=O) groups excluding carboxylic acids is 1. The van der Waals surface area contributed by atoms with Crippen LogP contribution in [-0.2, 0) is 18.4 Å². The molecule has 2 aromatic rings. The number of ether oxygens (including phenoxy) is 1. The number of rotatable bonds is 4. The summed E-state index contributed by atoms with van der Waals surface area (Å²) in [5.41, 5.74) is 1.67. The van der Waals surface area contributed by atoms with Crippen LogP contribution in [0, 0.1) is 0 Å². The van der Waals surface area contributed by atoms with Crippen LogP contribution in [0.3, 0.4) is 0 Å². The van der Waals surface area contributed by atoms with Crippen LogP contribution in [0.25, 0.3) is 0 Å². The van der Waals surface area contributed by atoms with Crippen LogP contribution in [-0.4, -0.2) is 44.9 Å². The van der Waals surface area contributed by atoms with Gasteiger partial charge in [0.05, 0.1) is 5.69 Å². The number of carboxylic acid groups (broad SMARTS) is 1. The van der Waals surface area contributed by atoms with Crippen molar-refractivity contribution in [2.45, 2.75) is 25.4 Å². The van der Waals surface area contributed by atoms with Crippen molar-refractivity contribution < 1.29 is 19.4 Å². The second kappa shape index (κ2) is 7.38. The fraction of sp³-hybridized carbons (Fsp3) is 0.389. The van der Waals surface area contributed by atoms with Crippen molar-refractivity contribution in [2.24, 2.45) is 7.05 Å². The Hall–Kier alpha value is -2.83. The Morgan fingerprint density at radius 1 is 1.32 bits per heavy atom. The predicted molar refractivity (Wildman–Crippen MR) is 90.3 cm³/mol. The van der Waals surface area contributed by atoms with Crippen LogP contribution < -0.4 is 0 Å². The molecule has 0 unspecified atom stereocenters. The first-order valence-electron chi connectivity index (χ1n) is 8.27. The van der Waals surface area contributed by atoms with Gasteiger partial charge in [-0.2, -0.15) is 5.10 Å². The molecule has 1 fully saturated rings. The fourth-order valence-electron chi connectivity index (χ4n) is 3.15. The topological polar surface area (TPSA) is 84.7 Å². The number of carbonyl (C=O) groups is 2. The molecule has 1 aliphatic rings. The molecule has 1 atom stereocenters. The lowest BCUT2D eigenvalue weighted by Gasteiger charge is -2.31. The lowest BCUT2D eigenvalue weighted by Crippen LogP contribution is -2.39. The highest BCUT2D eigenvalue weighted by Crippen LogP contribution is 2.28. The summed E-state index contributed by atoms with van der Waals surface area (Å²) in [5.74, 6) is -1.09. The molecular weight excluding hydrogens is 322 g/mol. The van der Waals surface area contributed by atoms with E-state index in [9.17, 15) is 14.7 Å². The Morgan fingerprint density at radius 3 is 2.80 bits per heavy atom. The highest BCUT2D eigenvalue weighted by molar-refractivity contribution is 5.88. The SMILES string of the molecule is Cn1cc(C(=O)O)c([C@H]2CCCN(C(=O)OCc3ccccc3)C2)n1. The minimum Gasteiger partial charge on any atom is -0.478 e. The van der Waals surface area contributed by atoms with Crippen LogP contribution in [0.1, 0.15) is 40.4 Å². The summed E-state index contributed by atoms with van der Waals surface area (Å²) in [6, 6.07) is 9.51. The van der Waals surface area contributed by atoms with Crippen LogP contribution in [0.2, 0.25) is 0 Å². The van der Waals surface area contributed by atoms with E-state index in [1.807, 2.05) is 30.3 Å². The van der Waals surface area contributed by atoms with Gasteiger partial charge in [0, 0.05) is 32.3 Å². The zero-order valence-electron chi connectivity index (χ0n) is 14.1. The molecule has 3 rings (SSSR count). The summed E-state index contributed by atoms with van der Waals surface area (Å²) in [6.45, 7) is 1.26. The molecule has 1 N–H and O–H groups in total. The Bertz CT molecular complexity index is 757. The van der Waals surface area contributed by atoms with E-state index in [0.29, 0.717) is 18.8 Å². The van der Waals surface area contributed by atoms with Gasteiger partial charge in [0.1, 0.15) is 12.2 Å². The van der Waals surface area contributed by atoms with E-state index in [1.165, 1.54) is 10.9 Å². The van der Waals surface area contributed by atoms with E-state index in [4.69, 9.17) is 4.74 Å². The molecule has 1 aliphatic heterocycles. The van der Waals surface area contributed by atoms with Gasteiger partial charge in [-0.3, -0.25) is 4.68 Å². The third kappa shape index (κ3) is 3.99. The summed E-state index contributed by atoms with van der Waals surface area (Å²) in [7, 11) is 1.70. The number of hydrogen-bond donors (Lipinski definition) is 1. The van der Waals surface area contributed by atoms with Crippen molar-refractivity contribution in [3.05, 3.63) is 53.3 Å². The molecule has 1 aromatic heterocycles.